The van der Waals surface area contributed by atoms with Crippen LogP contribution >= 0.6 is 0 Å². The topological polar surface area (TPSA) is 107 Å². The highest BCUT2D eigenvalue weighted by Gasteiger charge is 2.26. The van der Waals surface area contributed by atoms with Crippen LogP contribution in [0, 0.1) is 0 Å². The lowest BCUT2D eigenvalue weighted by Gasteiger charge is -2.23. The van der Waals surface area contributed by atoms with E-state index >= 15 is 0 Å². The molecule has 0 rings (SSSR count). The van der Waals surface area contributed by atoms with Gasteiger partial charge >= 0.3 is 0 Å². The molecule has 0 saturated carbocycles. The third kappa shape index (κ3) is 3.13. The first kappa shape index (κ1) is 10.8. The first-order chi connectivity index (χ1) is 5.00. The number of nitrogens with two attached hydrogens (primary N) is 1. The quantitative estimate of drug-likeness (QED) is 0.314. The van der Waals surface area contributed by atoms with Gasteiger partial charge in [0, 0.05) is 6.54 Å². The van der Waals surface area contributed by atoms with Crippen molar-refractivity contribution in [1.82, 2.24) is 0 Å². The van der Waals surface area contributed by atoms with Gasteiger partial charge in [-0.05, 0) is 6.92 Å². The molecule has 0 saturated heterocycles. The summed E-state index contributed by atoms with van der Waals surface area (Å²) in [7, 11) is 0. The minimum atomic E-state index is -1.39. The van der Waals surface area contributed by atoms with Gasteiger partial charge in [0.1, 0.15) is 12.2 Å². The van der Waals surface area contributed by atoms with E-state index in [0.29, 0.717) is 0 Å². The number of hydrogen-bond acceptors (Lipinski definition) is 5. The maximum atomic E-state index is 9.02. The molecule has 0 bridgehead atoms. The normalized spacial score (nSPS) is 22.4. The van der Waals surface area contributed by atoms with Crippen molar-refractivity contribution >= 4 is 0 Å². The van der Waals surface area contributed by atoms with Gasteiger partial charge in [0.15, 0.2) is 0 Å². The van der Waals surface area contributed by atoms with Gasteiger partial charge in [-0.3, -0.25) is 0 Å². The summed E-state index contributed by atoms with van der Waals surface area (Å²) in [5, 5.41) is 35.7. The summed E-state index contributed by atoms with van der Waals surface area (Å²) in [5.74, 6) is 0. The van der Waals surface area contributed by atoms with Gasteiger partial charge in [0.25, 0.3) is 0 Å². The van der Waals surface area contributed by atoms with Gasteiger partial charge in [0.2, 0.25) is 0 Å². The predicted octanol–water partition coefficient (Wildman–Crippen LogP) is -2.59. The standard InChI is InChI=1S/C6H15NO4/c1-3(8)5(10)6(11)4(9)2-7/h3-6,8-11H,2,7H2,1H3/t3-,4+,5+,6-/m1/s1. The van der Waals surface area contributed by atoms with Crippen molar-refractivity contribution in [2.75, 3.05) is 6.54 Å². The molecule has 6 N–H and O–H groups in total. The highest BCUT2D eigenvalue weighted by atomic mass is 16.4. The molecule has 0 aromatic carbocycles. The number of hydrogen-bond donors (Lipinski definition) is 5. The van der Waals surface area contributed by atoms with Crippen LogP contribution < -0.4 is 5.73 Å². The average Bonchev–Trinajstić information content (AvgIpc) is 2.00. The molecule has 5 heteroatoms. The molecule has 0 unspecified atom stereocenters. The molecule has 4 atom stereocenters. The van der Waals surface area contributed by atoms with Crippen molar-refractivity contribution in [3.63, 3.8) is 0 Å². The first-order valence-corrected chi connectivity index (χ1v) is 3.43. The third-order valence-corrected chi connectivity index (χ3v) is 1.48. The van der Waals surface area contributed by atoms with Crippen molar-refractivity contribution in [3.05, 3.63) is 0 Å². The summed E-state index contributed by atoms with van der Waals surface area (Å²) in [6, 6.07) is 0. The summed E-state index contributed by atoms with van der Waals surface area (Å²) < 4.78 is 0. The first-order valence-electron chi connectivity index (χ1n) is 3.43. The second-order valence-corrected chi connectivity index (χ2v) is 2.52. The number of rotatable bonds is 4. The average molecular weight is 165 g/mol. The van der Waals surface area contributed by atoms with Crippen LogP contribution in [0.5, 0.6) is 0 Å². The highest BCUT2D eigenvalue weighted by Crippen LogP contribution is 2.03. The van der Waals surface area contributed by atoms with Gasteiger partial charge in [-0.1, -0.05) is 0 Å². The van der Waals surface area contributed by atoms with Crippen molar-refractivity contribution in [2.45, 2.75) is 31.3 Å². The molecule has 68 valence electrons. The predicted molar refractivity (Wildman–Crippen MR) is 38.8 cm³/mol. The largest absolute Gasteiger partial charge is 0.391 e. The second-order valence-electron chi connectivity index (χ2n) is 2.52. The minimum absolute atomic E-state index is 0.148. The lowest BCUT2D eigenvalue weighted by Crippen LogP contribution is -2.46. The monoisotopic (exact) mass is 165 g/mol. The fourth-order valence-electron chi connectivity index (χ4n) is 0.652. The van der Waals surface area contributed by atoms with E-state index in [9.17, 15) is 0 Å². The van der Waals surface area contributed by atoms with Gasteiger partial charge in [-0.15, -0.1) is 0 Å². The van der Waals surface area contributed by atoms with Crippen molar-refractivity contribution < 1.29 is 20.4 Å². The SMILES string of the molecule is C[C@@H](O)[C@H](O)[C@H](O)[C@@H](O)CN. The maximum Gasteiger partial charge on any atom is 0.109 e. The summed E-state index contributed by atoms with van der Waals surface area (Å²) in [6.45, 7) is 1.17. The Labute approximate surface area is 65.1 Å². The fraction of sp³-hybridized carbons (Fsp3) is 1.00. The van der Waals surface area contributed by atoms with E-state index in [1.165, 1.54) is 6.92 Å². The van der Waals surface area contributed by atoms with E-state index in [-0.39, 0.29) is 6.54 Å². The van der Waals surface area contributed by atoms with Gasteiger partial charge < -0.3 is 26.2 Å². The van der Waals surface area contributed by atoms with Crippen molar-refractivity contribution in [1.29, 1.82) is 0 Å². The van der Waals surface area contributed by atoms with Gasteiger partial charge in [0.05, 0.1) is 12.2 Å². The molecule has 5 nitrogen and oxygen atoms in total. The van der Waals surface area contributed by atoms with Crippen LogP contribution in [-0.4, -0.2) is 51.4 Å². The molecule has 0 heterocycles. The summed E-state index contributed by atoms with van der Waals surface area (Å²) >= 11 is 0. The summed E-state index contributed by atoms with van der Waals surface area (Å²) in [6.07, 6.45) is -5.01. The minimum Gasteiger partial charge on any atom is -0.391 e. The zero-order valence-corrected chi connectivity index (χ0v) is 6.38. The number of aliphatic hydroxyl groups is 4. The maximum absolute atomic E-state index is 9.02. The van der Waals surface area contributed by atoms with E-state index in [0.717, 1.165) is 0 Å². The molecule has 0 aliphatic carbocycles. The molecule has 0 aromatic heterocycles. The van der Waals surface area contributed by atoms with Crippen LogP contribution in [0.4, 0.5) is 0 Å². The molecule has 0 aliphatic heterocycles. The van der Waals surface area contributed by atoms with Crippen LogP contribution in [0.15, 0.2) is 0 Å². The van der Waals surface area contributed by atoms with Gasteiger partial charge in [-0.2, -0.15) is 0 Å². The Hall–Kier alpha value is -0.200. The van der Waals surface area contributed by atoms with Crippen LogP contribution in [0.2, 0.25) is 0 Å². The molecular weight excluding hydrogens is 150 g/mol. The second kappa shape index (κ2) is 4.63. The zero-order valence-electron chi connectivity index (χ0n) is 6.38. The molecule has 0 aliphatic rings. The summed E-state index contributed by atoms with van der Waals surface area (Å²) in [4.78, 5) is 0. The summed E-state index contributed by atoms with van der Waals surface area (Å²) in [5.41, 5.74) is 5.01. The smallest absolute Gasteiger partial charge is 0.109 e. The Morgan fingerprint density at radius 1 is 1.09 bits per heavy atom. The third-order valence-electron chi connectivity index (χ3n) is 1.48. The fourth-order valence-corrected chi connectivity index (χ4v) is 0.652. The van der Waals surface area contributed by atoms with E-state index in [4.69, 9.17) is 26.2 Å². The lowest BCUT2D eigenvalue weighted by atomic mass is 10.0. The Bertz CT molecular complexity index is 109. The van der Waals surface area contributed by atoms with E-state index in [2.05, 4.69) is 0 Å². The molecule has 0 aromatic rings. The van der Waals surface area contributed by atoms with Crippen LogP contribution in [0.3, 0.4) is 0 Å². The van der Waals surface area contributed by atoms with E-state index in [1.54, 1.807) is 0 Å². The van der Waals surface area contributed by atoms with Crippen LogP contribution in [0.25, 0.3) is 0 Å². The lowest BCUT2D eigenvalue weighted by molar-refractivity contribution is -0.0969. The highest BCUT2D eigenvalue weighted by molar-refractivity contribution is 4.78. The van der Waals surface area contributed by atoms with Crippen LogP contribution in [0.1, 0.15) is 6.92 Å². The Morgan fingerprint density at radius 2 is 1.55 bits per heavy atom. The van der Waals surface area contributed by atoms with Crippen molar-refractivity contribution in [2.24, 2.45) is 5.73 Å². The molecular formula is C6H15NO4. The Morgan fingerprint density at radius 3 is 1.82 bits per heavy atom. The molecule has 0 fully saturated rings. The van der Waals surface area contributed by atoms with Crippen molar-refractivity contribution in [3.8, 4) is 0 Å². The van der Waals surface area contributed by atoms with E-state index < -0.39 is 24.4 Å². The zero-order chi connectivity index (χ0) is 9.02. The molecule has 11 heavy (non-hydrogen) atoms. The van der Waals surface area contributed by atoms with Crippen LogP contribution in [-0.2, 0) is 0 Å². The Kier molecular flexibility index (Phi) is 4.55. The molecule has 0 spiro atoms. The van der Waals surface area contributed by atoms with E-state index in [1.807, 2.05) is 0 Å². The molecule has 0 amide bonds. The Balaban J connectivity index is 3.90. The number of aliphatic hydroxyl groups excluding tert-OH is 4. The molecule has 0 radical (unpaired) electrons. The van der Waals surface area contributed by atoms with Gasteiger partial charge in [-0.25, -0.2) is 0 Å².